The number of imide groups is 1. The lowest BCUT2D eigenvalue weighted by Gasteiger charge is -2.37. The second-order valence-corrected chi connectivity index (χ2v) is 8.75. The topological polar surface area (TPSA) is 82.2 Å². The van der Waals surface area contributed by atoms with Crippen LogP contribution in [0.25, 0.3) is 0 Å². The van der Waals surface area contributed by atoms with Crippen molar-refractivity contribution in [3.8, 4) is 0 Å². The first-order valence-electron chi connectivity index (χ1n) is 10.7. The summed E-state index contributed by atoms with van der Waals surface area (Å²) >= 11 is 0. The normalized spacial score (nSPS) is 27.5. The molecule has 3 aliphatic heterocycles. The fraction of sp³-hybridized carbons (Fsp3) is 0.850. The van der Waals surface area contributed by atoms with Crippen LogP contribution >= 0.6 is 0 Å². The number of urea groups is 1. The van der Waals surface area contributed by atoms with Crippen molar-refractivity contribution in [1.82, 2.24) is 20.0 Å². The number of carbonyl (C=O) groups excluding carboxylic acids is 3. The van der Waals surface area contributed by atoms with Gasteiger partial charge in [0.2, 0.25) is 5.91 Å². The number of hydrogen-bond donors (Lipinski definition) is 1. The Balaban J connectivity index is 1.31. The SMILES string of the molecule is C[C@H](C(=O)N1CCC(CN2CCOCC2)CC1)N1C(=O)NC2(CCCC2)C1=O. The minimum Gasteiger partial charge on any atom is -0.379 e. The lowest BCUT2D eigenvalue weighted by atomic mass is 9.95. The zero-order chi connectivity index (χ0) is 19.7. The van der Waals surface area contributed by atoms with Gasteiger partial charge in [-0.1, -0.05) is 12.8 Å². The first kappa shape index (κ1) is 19.6. The molecule has 0 unspecified atom stereocenters. The molecule has 156 valence electrons. The average molecular weight is 393 g/mol. The van der Waals surface area contributed by atoms with E-state index in [1.807, 2.05) is 4.90 Å². The second-order valence-electron chi connectivity index (χ2n) is 8.75. The summed E-state index contributed by atoms with van der Waals surface area (Å²) < 4.78 is 5.41. The molecular formula is C20H32N4O4. The van der Waals surface area contributed by atoms with E-state index in [1.54, 1.807) is 6.92 Å². The molecule has 4 amide bonds. The number of piperidine rings is 1. The van der Waals surface area contributed by atoms with E-state index < -0.39 is 17.6 Å². The number of hydrogen-bond acceptors (Lipinski definition) is 5. The number of likely N-dealkylation sites (tertiary alicyclic amines) is 1. The molecule has 3 saturated heterocycles. The highest BCUT2D eigenvalue weighted by molar-refractivity contribution is 6.09. The predicted molar refractivity (Wildman–Crippen MR) is 103 cm³/mol. The molecule has 0 aromatic heterocycles. The Bertz CT molecular complexity index is 620. The zero-order valence-corrected chi connectivity index (χ0v) is 16.8. The monoisotopic (exact) mass is 392 g/mol. The number of nitrogens with one attached hydrogen (secondary N) is 1. The minimum atomic E-state index is -0.753. The zero-order valence-electron chi connectivity index (χ0n) is 16.8. The van der Waals surface area contributed by atoms with E-state index in [0.717, 1.165) is 58.5 Å². The van der Waals surface area contributed by atoms with Crippen molar-refractivity contribution >= 4 is 17.8 Å². The average Bonchev–Trinajstić information content (AvgIpc) is 3.27. The predicted octanol–water partition coefficient (Wildman–Crippen LogP) is 0.810. The Morgan fingerprint density at radius 1 is 1.14 bits per heavy atom. The van der Waals surface area contributed by atoms with Crippen molar-refractivity contribution in [2.24, 2.45) is 5.92 Å². The Morgan fingerprint density at radius 2 is 1.79 bits per heavy atom. The second kappa shape index (κ2) is 7.99. The highest BCUT2D eigenvalue weighted by Crippen LogP contribution is 2.36. The molecule has 0 radical (unpaired) electrons. The third-order valence-corrected chi connectivity index (χ3v) is 6.94. The van der Waals surface area contributed by atoms with Gasteiger partial charge in [-0.05, 0) is 38.5 Å². The summed E-state index contributed by atoms with van der Waals surface area (Å²) in [4.78, 5) is 43.8. The largest absolute Gasteiger partial charge is 0.379 e. The molecule has 1 N–H and O–H groups in total. The van der Waals surface area contributed by atoms with Crippen LogP contribution in [-0.4, -0.2) is 90.1 Å². The third kappa shape index (κ3) is 3.64. The van der Waals surface area contributed by atoms with Gasteiger partial charge in [-0.15, -0.1) is 0 Å². The molecule has 4 fully saturated rings. The summed E-state index contributed by atoms with van der Waals surface area (Å²) in [6.45, 7) is 7.75. The fourth-order valence-electron chi connectivity index (χ4n) is 5.17. The minimum absolute atomic E-state index is 0.108. The Hall–Kier alpha value is -1.67. The van der Waals surface area contributed by atoms with Gasteiger partial charge < -0.3 is 15.0 Å². The van der Waals surface area contributed by atoms with E-state index in [1.165, 1.54) is 4.90 Å². The lowest BCUT2D eigenvalue weighted by molar-refractivity contribution is -0.143. The molecule has 0 bridgehead atoms. The highest BCUT2D eigenvalue weighted by Gasteiger charge is 2.54. The van der Waals surface area contributed by atoms with Crippen molar-refractivity contribution in [2.75, 3.05) is 45.9 Å². The van der Waals surface area contributed by atoms with Gasteiger partial charge in [0.05, 0.1) is 13.2 Å². The van der Waals surface area contributed by atoms with Gasteiger partial charge in [0, 0.05) is 32.7 Å². The fourth-order valence-corrected chi connectivity index (χ4v) is 5.17. The summed E-state index contributed by atoms with van der Waals surface area (Å²) in [5, 5.41) is 2.87. The van der Waals surface area contributed by atoms with E-state index in [9.17, 15) is 14.4 Å². The molecule has 0 aromatic rings. The van der Waals surface area contributed by atoms with Crippen LogP contribution in [0.3, 0.4) is 0 Å². The van der Waals surface area contributed by atoms with Gasteiger partial charge >= 0.3 is 6.03 Å². The van der Waals surface area contributed by atoms with Crippen LogP contribution in [0.2, 0.25) is 0 Å². The Morgan fingerprint density at radius 3 is 2.43 bits per heavy atom. The maximum absolute atomic E-state index is 13.0. The summed E-state index contributed by atoms with van der Waals surface area (Å²) in [6.07, 6.45) is 5.20. The molecule has 28 heavy (non-hydrogen) atoms. The van der Waals surface area contributed by atoms with E-state index in [4.69, 9.17) is 4.74 Å². The van der Waals surface area contributed by atoms with E-state index in [-0.39, 0.29) is 11.8 Å². The van der Waals surface area contributed by atoms with Gasteiger partial charge in [-0.25, -0.2) is 9.69 Å². The van der Waals surface area contributed by atoms with Crippen LogP contribution < -0.4 is 5.32 Å². The highest BCUT2D eigenvalue weighted by atomic mass is 16.5. The standard InChI is InChI=1S/C20H32N4O4/c1-15(24-18(26)20(21-19(24)27)6-2-3-7-20)17(25)23-8-4-16(5-9-23)14-22-10-12-28-13-11-22/h15-16H,2-14H2,1H3,(H,21,27)/t15-/m1/s1. The molecule has 4 aliphatic rings. The molecule has 8 heteroatoms. The number of morpholine rings is 1. The molecule has 0 aromatic carbocycles. The van der Waals surface area contributed by atoms with Crippen molar-refractivity contribution < 1.29 is 19.1 Å². The van der Waals surface area contributed by atoms with Crippen molar-refractivity contribution in [2.45, 2.75) is 57.0 Å². The van der Waals surface area contributed by atoms with Gasteiger partial charge in [-0.3, -0.25) is 14.5 Å². The van der Waals surface area contributed by atoms with Gasteiger partial charge in [0.15, 0.2) is 0 Å². The number of rotatable bonds is 4. The molecule has 4 rings (SSSR count). The first-order chi connectivity index (χ1) is 13.5. The maximum Gasteiger partial charge on any atom is 0.325 e. The van der Waals surface area contributed by atoms with Crippen molar-refractivity contribution in [3.05, 3.63) is 0 Å². The molecule has 8 nitrogen and oxygen atoms in total. The molecule has 3 heterocycles. The van der Waals surface area contributed by atoms with Crippen LogP contribution in [0, 0.1) is 5.92 Å². The molecule has 1 saturated carbocycles. The van der Waals surface area contributed by atoms with E-state index in [0.29, 0.717) is 31.8 Å². The van der Waals surface area contributed by atoms with Crippen LogP contribution in [-0.2, 0) is 14.3 Å². The first-order valence-corrected chi connectivity index (χ1v) is 10.7. The summed E-state index contributed by atoms with van der Waals surface area (Å²) in [5.74, 6) is 0.275. The lowest BCUT2D eigenvalue weighted by Crippen LogP contribution is -2.53. The quantitative estimate of drug-likeness (QED) is 0.716. The van der Waals surface area contributed by atoms with E-state index in [2.05, 4.69) is 10.2 Å². The van der Waals surface area contributed by atoms with Gasteiger partial charge in [0.1, 0.15) is 11.6 Å². The molecule has 1 aliphatic carbocycles. The van der Waals surface area contributed by atoms with Crippen LogP contribution in [0.5, 0.6) is 0 Å². The van der Waals surface area contributed by atoms with Crippen molar-refractivity contribution in [1.29, 1.82) is 0 Å². The Labute approximate surface area is 166 Å². The van der Waals surface area contributed by atoms with Crippen LogP contribution in [0.1, 0.15) is 45.4 Å². The number of carbonyl (C=O) groups is 3. The van der Waals surface area contributed by atoms with Gasteiger partial charge in [-0.2, -0.15) is 0 Å². The maximum atomic E-state index is 13.0. The smallest absolute Gasteiger partial charge is 0.325 e. The molecular weight excluding hydrogens is 360 g/mol. The summed E-state index contributed by atoms with van der Waals surface area (Å²) in [6, 6.07) is -1.14. The van der Waals surface area contributed by atoms with Crippen molar-refractivity contribution in [3.63, 3.8) is 0 Å². The number of ether oxygens (including phenoxy) is 1. The molecule has 1 atom stereocenters. The summed E-state index contributed by atoms with van der Waals surface area (Å²) in [7, 11) is 0. The molecule has 1 spiro atoms. The third-order valence-electron chi connectivity index (χ3n) is 6.94. The van der Waals surface area contributed by atoms with Crippen LogP contribution in [0.15, 0.2) is 0 Å². The Kier molecular flexibility index (Phi) is 5.60. The van der Waals surface area contributed by atoms with Gasteiger partial charge in [0.25, 0.3) is 5.91 Å². The summed E-state index contributed by atoms with van der Waals surface area (Å²) in [5.41, 5.74) is -0.753. The number of nitrogens with zero attached hydrogens (tertiary/aromatic N) is 3. The van der Waals surface area contributed by atoms with E-state index >= 15 is 0 Å². The van der Waals surface area contributed by atoms with Crippen LogP contribution in [0.4, 0.5) is 4.79 Å². The number of amides is 4.